The van der Waals surface area contributed by atoms with E-state index in [0.717, 1.165) is 5.56 Å². The van der Waals surface area contributed by atoms with Crippen molar-refractivity contribution in [2.75, 3.05) is 7.11 Å². The first-order valence-electron chi connectivity index (χ1n) is 5.31. The summed E-state index contributed by atoms with van der Waals surface area (Å²) in [6.07, 6.45) is 1.69. The Morgan fingerprint density at radius 3 is 2.50 bits per heavy atom. The monoisotopic (exact) mass is 221 g/mol. The van der Waals surface area contributed by atoms with E-state index in [9.17, 15) is 0 Å². The molecule has 0 fully saturated rings. The SMILES string of the molecule is C=CC(C)Oc1ccc([C@H](C)N)cc1OC. The summed E-state index contributed by atoms with van der Waals surface area (Å²) in [7, 11) is 1.62. The quantitative estimate of drug-likeness (QED) is 0.777. The topological polar surface area (TPSA) is 44.5 Å². The van der Waals surface area contributed by atoms with Gasteiger partial charge in [0.25, 0.3) is 0 Å². The van der Waals surface area contributed by atoms with Crippen LogP contribution in [0.4, 0.5) is 0 Å². The second-order valence-corrected chi connectivity index (χ2v) is 3.76. The Morgan fingerprint density at radius 1 is 1.31 bits per heavy atom. The molecule has 2 N–H and O–H groups in total. The van der Waals surface area contributed by atoms with Crippen molar-refractivity contribution in [3.63, 3.8) is 0 Å². The van der Waals surface area contributed by atoms with Crippen molar-refractivity contribution in [3.05, 3.63) is 36.4 Å². The van der Waals surface area contributed by atoms with Gasteiger partial charge in [-0.05, 0) is 31.5 Å². The van der Waals surface area contributed by atoms with E-state index in [2.05, 4.69) is 6.58 Å². The molecule has 0 spiro atoms. The summed E-state index contributed by atoms with van der Waals surface area (Å²) < 4.78 is 10.9. The molecule has 1 rings (SSSR count). The predicted molar refractivity (Wildman–Crippen MR) is 65.9 cm³/mol. The summed E-state index contributed by atoms with van der Waals surface area (Å²) in [6.45, 7) is 7.53. The average molecular weight is 221 g/mol. The minimum absolute atomic E-state index is 0.0141. The smallest absolute Gasteiger partial charge is 0.162 e. The lowest BCUT2D eigenvalue weighted by Crippen LogP contribution is -2.09. The number of hydrogen-bond donors (Lipinski definition) is 1. The third-order valence-corrected chi connectivity index (χ3v) is 2.36. The molecule has 1 aromatic carbocycles. The van der Waals surface area contributed by atoms with Crippen molar-refractivity contribution in [3.8, 4) is 11.5 Å². The molecular weight excluding hydrogens is 202 g/mol. The molecular formula is C13H19NO2. The number of hydrogen-bond acceptors (Lipinski definition) is 3. The van der Waals surface area contributed by atoms with Crippen LogP contribution in [0.3, 0.4) is 0 Å². The largest absolute Gasteiger partial charge is 0.493 e. The van der Waals surface area contributed by atoms with Gasteiger partial charge in [0.05, 0.1) is 7.11 Å². The van der Waals surface area contributed by atoms with Crippen LogP contribution in [0, 0.1) is 0 Å². The Kier molecular flexibility index (Phi) is 4.38. The lowest BCUT2D eigenvalue weighted by Gasteiger charge is -2.15. The van der Waals surface area contributed by atoms with E-state index < -0.39 is 0 Å². The van der Waals surface area contributed by atoms with Crippen LogP contribution < -0.4 is 15.2 Å². The molecule has 0 aromatic heterocycles. The number of ether oxygens (including phenoxy) is 2. The van der Waals surface area contributed by atoms with E-state index >= 15 is 0 Å². The van der Waals surface area contributed by atoms with Crippen molar-refractivity contribution in [1.29, 1.82) is 0 Å². The van der Waals surface area contributed by atoms with Gasteiger partial charge in [-0.1, -0.05) is 18.7 Å². The molecule has 3 nitrogen and oxygen atoms in total. The average Bonchev–Trinajstić information content (AvgIpc) is 2.29. The van der Waals surface area contributed by atoms with Gasteiger partial charge in [0, 0.05) is 6.04 Å². The molecule has 0 aliphatic carbocycles. The Hall–Kier alpha value is -1.48. The summed E-state index contributed by atoms with van der Waals surface area (Å²) in [5, 5.41) is 0. The molecule has 0 saturated carbocycles. The minimum atomic E-state index is -0.0463. The van der Waals surface area contributed by atoms with Crippen LogP contribution in [0.5, 0.6) is 11.5 Å². The predicted octanol–water partition coefficient (Wildman–Crippen LogP) is 2.67. The van der Waals surface area contributed by atoms with Gasteiger partial charge < -0.3 is 15.2 Å². The van der Waals surface area contributed by atoms with E-state index in [1.807, 2.05) is 32.0 Å². The molecule has 0 saturated heterocycles. The maximum atomic E-state index is 5.80. The lowest BCUT2D eigenvalue weighted by molar-refractivity contribution is 0.254. The summed E-state index contributed by atoms with van der Waals surface area (Å²) in [4.78, 5) is 0. The van der Waals surface area contributed by atoms with Crippen LogP contribution in [0.1, 0.15) is 25.5 Å². The van der Waals surface area contributed by atoms with Gasteiger partial charge in [-0.15, -0.1) is 0 Å². The van der Waals surface area contributed by atoms with Crippen LogP contribution in [0.2, 0.25) is 0 Å². The van der Waals surface area contributed by atoms with Gasteiger partial charge in [-0.3, -0.25) is 0 Å². The number of rotatable bonds is 5. The van der Waals surface area contributed by atoms with Gasteiger partial charge >= 0.3 is 0 Å². The fourth-order valence-electron chi connectivity index (χ4n) is 1.31. The third kappa shape index (κ3) is 3.00. The van der Waals surface area contributed by atoms with Gasteiger partial charge in [0.15, 0.2) is 11.5 Å². The lowest BCUT2D eigenvalue weighted by atomic mass is 10.1. The first kappa shape index (κ1) is 12.6. The van der Waals surface area contributed by atoms with Crippen LogP contribution >= 0.6 is 0 Å². The number of benzene rings is 1. The highest BCUT2D eigenvalue weighted by atomic mass is 16.5. The number of methoxy groups -OCH3 is 1. The molecule has 16 heavy (non-hydrogen) atoms. The van der Waals surface area contributed by atoms with Crippen molar-refractivity contribution in [2.45, 2.75) is 26.0 Å². The fourth-order valence-corrected chi connectivity index (χ4v) is 1.31. The molecule has 0 aliphatic rings. The minimum Gasteiger partial charge on any atom is -0.493 e. The molecule has 88 valence electrons. The van der Waals surface area contributed by atoms with Crippen LogP contribution in [-0.2, 0) is 0 Å². The molecule has 2 atom stereocenters. The summed E-state index contributed by atoms with van der Waals surface area (Å²) >= 11 is 0. The van der Waals surface area contributed by atoms with Crippen molar-refractivity contribution >= 4 is 0 Å². The fraction of sp³-hybridized carbons (Fsp3) is 0.385. The first-order valence-corrected chi connectivity index (χ1v) is 5.31. The molecule has 0 bridgehead atoms. The second kappa shape index (κ2) is 5.56. The Morgan fingerprint density at radius 2 is 2.00 bits per heavy atom. The van der Waals surface area contributed by atoms with E-state index in [1.54, 1.807) is 13.2 Å². The summed E-state index contributed by atoms with van der Waals surface area (Å²) in [6, 6.07) is 5.70. The summed E-state index contributed by atoms with van der Waals surface area (Å²) in [5.74, 6) is 1.41. The Balaban J connectivity index is 2.97. The summed E-state index contributed by atoms with van der Waals surface area (Å²) in [5.41, 5.74) is 6.83. The molecule has 0 amide bonds. The molecule has 0 heterocycles. The highest BCUT2D eigenvalue weighted by Gasteiger charge is 2.09. The zero-order valence-corrected chi connectivity index (χ0v) is 10.1. The maximum absolute atomic E-state index is 5.80. The highest BCUT2D eigenvalue weighted by molar-refractivity contribution is 5.43. The van der Waals surface area contributed by atoms with E-state index in [1.165, 1.54) is 0 Å². The van der Waals surface area contributed by atoms with Gasteiger partial charge in [-0.2, -0.15) is 0 Å². The second-order valence-electron chi connectivity index (χ2n) is 3.76. The molecule has 3 heteroatoms. The normalized spacial score (nSPS) is 14.0. The molecule has 0 radical (unpaired) electrons. The zero-order chi connectivity index (χ0) is 12.1. The van der Waals surface area contributed by atoms with Gasteiger partial charge in [0.2, 0.25) is 0 Å². The standard InChI is InChI=1S/C13H19NO2/c1-5-9(2)16-12-7-6-11(10(3)14)8-13(12)15-4/h5-10H,1,14H2,2-4H3/t9?,10-/m0/s1. The van der Waals surface area contributed by atoms with Crippen molar-refractivity contribution in [1.82, 2.24) is 0 Å². The number of nitrogens with two attached hydrogens (primary N) is 1. The van der Waals surface area contributed by atoms with E-state index in [4.69, 9.17) is 15.2 Å². The Bertz CT molecular complexity index is 361. The van der Waals surface area contributed by atoms with E-state index in [0.29, 0.717) is 11.5 Å². The third-order valence-electron chi connectivity index (χ3n) is 2.36. The first-order chi connectivity index (χ1) is 7.58. The van der Waals surface area contributed by atoms with Crippen LogP contribution in [-0.4, -0.2) is 13.2 Å². The zero-order valence-electron chi connectivity index (χ0n) is 10.1. The van der Waals surface area contributed by atoms with Gasteiger partial charge in [-0.25, -0.2) is 0 Å². The molecule has 1 aromatic rings. The highest BCUT2D eigenvalue weighted by Crippen LogP contribution is 2.30. The van der Waals surface area contributed by atoms with Gasteiger partial charge in [0.1, 0.15) is 6.10 Å². The Labute approximate surface area is 96.9 Å². The van der Waals surface area contributed by atoms with Crippen molar-refractivity contribution < 1.29 is 9.47 Å². The maximum Gasteiger partial charge on any atom is 0.162 e. The van der Waals surface area contributed by atoms with Crippen LogP contribution in [0.25, 0.3) is 0 Å². The molecule has 0 aliphatic heterocycles. The molecule has 1 unspecified atom stereocenters. The van der Waals surface area contributed by atoms with Crippen molar-refractivity contribution in [2.24, 2.45) is 5.73 Å². The van der Waals surface area contributed by atoms with E-state index in [-0.39, 0.29) is 12.1 Å². The van der Waals surface area contributed by atoms with Crippen LogP contribution in [0.15, 0.2) is 30.9 Å².